The minimum Gasteiger partial charge on any atom is -0.452 e. The van der Waals surface area contributed by atoms with Crippen molar-refractivity contribution < 1.29 is 14.3 Å². The first-order valence-corrected chi connectivity index (χ1v) is 6.76. The van der Waals surface area contributed by atoms with Gasteiger partial charge in [0, 0.05) is 12.6 Å². The summed E-state index contributed by atoms with van der Waals surface area (Å²) in [5, 5.41) is 2.71. The maximum absolute atomic E-state index is 11.2. The Hall–Kier alpha value is -1.32. The van der Waals surface area contributed by atoms with Gasteiger partial charge in [0.1, 0.15) is 0 Å². The highest BCUT2D eigenvalue weighted by Crippen LogP contribution is 2.06. The van der Waals surface area contributed by atoms with Gasteiger partial charge in [-0.25, -0.2) is 4.79 Å². The number of unbranched alkanes of at least 4 members (excludes halogenated alkanes) is 6. The molecule has 0 rings (SSSR count). The lowest BCUT2D eigenvalue weighted by Gasteiger charge is -2.05. The number of esters is 1. The first-order valence-electron chi connectivity index (χ1n) is 6.76. The highest BCUT2D eigenvalue weighted by Gasteiger charge is 2.03. The quantitative estimate of drug-likeness (QED) is 0.351. The molecule has 0 aromatic rings. The fourth-order valence-corrected chi connectivity index (χ4v) is 1.56. The van der Waals surface area contributed by atoms with Crippen LogP contribution in [0.25, 0.3) is 0 Å². The molecule has 0 aliphatic heterocycles. The molecule has 0 saturated heterocycles. The molecule has 0 bridgehead atoms. The molecule has 0 aromatic heterocycles. The second kappa shape index (κ2) is 12.1. The maximum Gasteiger partial charge on any atom is 0.330 e. The SMILES string of the molecule is C=CC(=O)OCC(=O)NCCCCCCCCC. The van der Waals surface area contributed by atoms with E-state index in [0.717, 1.165) is 18.9 Å². The number of ether oxygens (including phenoxy) is 1. The van der Waals surface area contributed by atoms with Gasteiger partial charge in [-0.05, 0) is 6.42 Å². The van der Waals surface area contributed by atoms with Crippen LogP contribution in [0.2, 0.25) is 0 Å². The molecule has 0 heterocycles. The zero-order chi connectivity index (χ0) is 13.6. The van der Waals surface area contributed by atoms with Crippen LogP contribution < -0.4 is 5.32 Å². The third kappa shape index (κ3) is 11.2. The van der Waals surface area contributed by atoms with E-state index in [1.807, 2.05) is 0 Å². The molecular formula is C14H25NO3. The van der Waals surface area contributed by atoms with Gasteiger partial charge in [-0.3, -0.25) is 4.79 Å². The van der Waals surface area contributed by atoms with Gasteiger partial charge in [0.15, 0.2) is 6.61 Å². The number of hydrogen-bond donors (Lipinski definition) is 1. The van der Waals surface area contributed by atoms with Crippen molar-refractivity contribution in [3.8, 4) is 0 Å². The molecule has 1 N–H and O–H groups in total. The minimum absolute atomic E-state index is 0.221. The van der Waals surface area contributed by atoms with Gasteiger partial charge in [-0.1, -0.05) is 52.0 Å². The van der Waals surface area contributed by atoms with E-state index in [-0.39, 0.29) is 12.5 Å². The molecule has 0 spiro atoms. The summed E-state index contributed by atoms with van der Waals surface area (Å²) in [5.41, 5.74) is 0. The van der Waals surface area contributed by atoms with Crippen LogP contribution in [0.1, 0.15) is 51.9 Å². The predicted molar refractivity (Wildman–Crippen MR) is 72.2 cm³/mol. The summed E-state index contributed by atoms with van der Waals surface area (Å²) in [7, 11) is 0. The summed E-state index contributed by atoms with van der Waals surface area (Å²) in [6.45, 7) is 5.88. The average Bonchev–Trinajstić information content (AvgIpc) is 2.39. The Morgan fingerprint density at radius 1 is 1.11 bits per heavy atom. The monoisotopic (exact) mass is 255 g/mol. The van der Waals surface area contributed by atoms with Crippen molar-refractivity contribution in [2.75, 3.05) is 13.2 Å². The van der Waals surface area contributed by atoms with Gasteiger partial charge >= 0.3 is 5.97 Å². The Morgan fingerprint density at radius 2 is 1.72 bits per heavy atom. The van der Waals surface area contributed by atoms with E-state index in [9.17, 15) is 9.59 Å². The first-order chi connectivity index (χ1) is 8.70. The van der Waals surface area contributed by atoms with E-state index < -0.39 is 5.97 Å². The van der Waals surface area contributed by atoms with Crippen LogP contribution in [-0.4, -0.2) is 25.0 Å². The van der Waals surface area contributed by atoms with Crippen LogP contribution in [0.15, 0.2) is 12.7 Å². The summed E-state index contributed by atoms with van der Waals surface area (Å²) in [6.07, 6.45) is 9.54. The Bertz CT molecular complexity index is 251. The summed E-state index contributed by atoms with van der Waals surface area (Å²) in [4.78, 5) is 21.9. The normalized spacial score (nSPS) is 9.83. The number of carbonyl (C=O) groups excluding carboxylic acids is 2. The molecule has 0 fully saturated rings. The van der Waals surface area contributed by atoms with E-state index in [1.54, 1.807) is 0 Å². The molecule has 0 aliphatic rings. The number of amides is 1. The molecular weight excluding hydrogens is 230 g/mol. The third-order valence-corrected chi connectivity index (χ3v) is 2.61. The van der Waals surface area contributed by atoms with Crippen LogP contribution in [0, 0.1) is 0 Å². The van der Waals surface area contributed by atoms with E-state index in [4.69, 9.17) is 0 Å². The van der Waals surface area contributed by atoms with Crippen molar-refractivity contribution in [3.63, 3.8) is 0 Å². The maximum atomic E-state index is 11.2. The third-order valence-electron chi connectivity index (χ3n) is 2.61. The van der Waals surface area contributed by atoms with Crippen LogP contribution in [0.4, 0.5) is 0 Å². The first kappa shape index (κ1) is 16.7. The van der Waals surface area contributed by atoms with Gasteiger partial charge in [-0.2, -0.15) is 0 Å². The second-order valence-electron chi connectivity index (χ2n) is 4.28. The van der Waals surface area contributed by atoms with Gasteiger partial charge in [0.25, 0.3) is 5.91 Å². The van der Waals surface area contributed by atoms with Crippen LogP contribution >= 0.6 is 0 Å². The summed E-state index contributed by atoms with van der Waals surface area (Å²) in [6, 6.07) is 0. The van der Waals surface area contributed by atoms with Crippen molar-refractivity contribution in [2.45, 2.75) is 51.9 Å². The van der Waals surface area contributed by atoms with Crippen LogP contribution in [0.3, 0.4) is 0 Å². The van der Waals surface area contributed by atoms with Gasteiger partial charge in [0.05, 0.1) is 0 Å². The molecule has 4 nitrogen and oxygen atoms in total. The number of carbonyl (C=O) groups is 2. The Morgan fingerprint density at radius 3 is 2.33 bits per heavy atom. The summed E-state index contributed by atoms with van der Waals surface area (Å²) >= 11 is 0. The minimum atomic E-state index is -0.568. The molecule has 1 amide bonds. The van der Waals surface area contributed by atoms with E-state index in [0.29, 0.717) is 6.54 Å². The zero-order valence-corrected chi connectivity index (χ0v) is 11.4. The van der Waals surface area contributed by atoms with Crippen molar-refractivity contribution >= 4 is 11.9 Å². The second-order valence-corrected chi connectivity index (χ2v) is 4.28. The number of hydrogen-bond acceptors (Lipinski definition) is 3. The molecule has 0 aliphatic carbocycles. The molecule has 4 heteroatoms. The van der Waals surface area contributed by atoms with E-state index in [2.05, 4.69) is 23.6 Å². The highest BCUT2D eigenvalue weighted by molar-refractivity contribution is 5.85. The highest BCUT2D eigenvalue weighted by atomic mass is 16.5. The zero-order valence-electron chi connectivity index (χ0n) is 11.4. The smallest absolute Gasteiger partial charge is 0.330 e. The molecule has 0 unspecified atom stereocenters. The Labute approximate surface area is 110 Å². The van der Waals surface area contributed by atoms with E-state index >= 15 is 0 Å². The van der Waals surface area contributed by atoms with Crippen molar-refractivity contribution in [1.82, 2.24) is 5.32 Å². The largest absolute Gasteiger partial charge is 0.452 e. The van der Waals surface area contributed by atoms with Crippen molar-refractivity contribution in [2.24, 2.45) is 0 Å². The number of rotatable bonds is 11. The topological polar surface area (TPSA) is 55.4 Å². The fourth-order valence-electron chi connectivity index (χ4n) is 1.56. The average molecular weight is 255 g/mol. The predicted octanol–water partition coefficient (Wildman–Crippen LogP) is 2.58. The lowest BCUT2D eigenvalue weighted by Crippen LogP contribution is -2.29. The van der Waals surface area contributed by atoms with E-state index in [1.165, 1.54) is 32.1 Å². The molecule has 104 valence electrons. The summed E-state index contributed by atoms with van der Waals surface area (Å²) in [5.74, 6) is -0.822. The standard InChI is InChI=1S/C14H25NO3/c1-3-5-6-7-8-9-10-11-15-13(16)12-18-14(17)4-2/h4H,2-3,5-12H2,1H3,(H,15,16). The molecule has 18 heavy (non-hydrogen) atoms. The lowest BCUT2D eigenvalue weighted by molar-refractivity contribution is -0.143. The molecule has 0 saturated carbocycles. The number of nitrogens with one attached hydrogen (secondary N) is 1. The van der Waals surface area contributed by atoms with Gasteiger partial charge in [-0.15, -0.1) is 0 Å². The van der Waals surface area contributed by atoms with Gasteiger partial charge < -0.3 is 10.1 Å². The molecule has 0 atom stereocenters. The summed E-state index contributed by atoms with van der Waals surface area (Å²) < 4.78 is 4.61. The lowest BCUT2D eigenvalue weighted by atomic mass is 10.1. The molecule has 0 radical (unpaired) electrons. The van der Waals surface area contributed by atoms with Crippen molar-refractivity contribution in [3.05, 3.63) is 12.7 Å². The Balaban J connectivity index is 3.25. The van der Waals surface area contributed by atoms with Crippen LogP contribution in [-0.2, 0) is 14.3 Å². The van der Waals surface area contributed by atoms with Crippen molar-refractivity contribution in [1.29, 1.82) is 0 Å². The van der Waals surface area contributed by atoms with Gasteiger partial charge in [0.2, 0.25) is 0 Å². The molecule has 0 aromatic carbocycles. The van der Waals surface area contributed by atoms with Crippen LogP contribution in [0.5, 0.6) is 0 Å². The fraction of sp³-hybridized carbons (Fsp3) is 0.714. The Kier molecular flexibility index (Phi) is 11.3.